The molecule has 8 heteroatoms. The van der Waals surface area contributed by atoms with Crippen LogP contribution in [0, 0.1) is 6.92 Å². The number of nitrogens with zero attached hydrogens (tertiary/aromatic N) is 3. The predicted molar refractivity (Wildman–Crippen MR) is 109 cm³/mol. The molecule has 1 atom stereocenters. The lowest BCUT2D eigenvalue weighted by Crippen LogP contribution is -2.40. The Bertz CT molecular complexity index is 1320. The predicted octanol–water partition coefficient (Wildman–Crippen LogP) is 1.97. The first kappa shape index (κ1) is 18.1. The molecule has 2 aromatic heterocycles. The summed E-state index contributed by atoms with van der Waals surface area (Å²) in [5.41, 5.74) is 1.79. The van der Waals surface area contributed by atoms with Crippen LogP contribution in [0.5, 0.6) is 0 Å². The summed E-state index contributed by atoms with van der Waals surface area (Å²) in [6.45, 7) is 2.00. The Labute approximate surface area is 162 Å². The highest BCUT2D eigenvalue weighted by molar-refractivity contribution is 7.84. The molecule has 0 aliphatic heterocycles. The summed E-state index contributed by atoms with van der Waals surface area (Å²) in [7, 11) is -1.21. The van der Waals surface area contributed by atoms with E-state index < -0.39 is 22.0 Å². The van der Waals surface area contributed by atoms with Gasteiger partial charge in [-0.2, -0.15) is 0 Å². The van der Waals surface area contributed by atoms with Crippen LogP contribution in [0.1, 0.15) is 11.1 Å². The molecule has 2 heterocycles. The Balaban J connectivity index is 2.04. The molecule has 2 aromatic carbocycles. The molecule has 0 saturated carbocycles. The number of H-pyrrole nitrogens is 1. The SMILES string of the molecule is Cc1ccc([S@](C)=O)cc1-n1c(=O)n(Cc2ccccc2)c(=O)c2[nH]cnc21. The van der Waals surface area contributed by atoms with Crippen molar-refractivity contribution in [3.8, 4) is 5.69 Å². The van der Waals surface area contributed by atoms with Crippen molar-refractivity contribution in [1.29, 1.82) is 0 Å². The fourth-order valence-corrected chi connectivity index (χ4v) is 3.72. The van der Waals surface area contributed by atoms with E-state index in [-0.39, 0.29) is 17.7 Å². The van der Waals surface area contributed by atoms with E-state index in [1.807, 2.05) is 43.3 Å². The second-order valence-electron chi connectivity index (χ2n) is 6.50. The van der Waals surface area contributed by atoms with Crippen LogP contribution in [0.2, 0.25) is 0 Å². The number of aromatic amines is 1. The van der Waals surface area contributed by atoms with Gasteiger partial charge in [-0.1, -0.05) is 36.4 Å². The first-order valence-corrected chi connectivity index (χ1v) is 10.2. The number of fused-ring (bicyclic) bond motifs is 1. The van der Waals surface area contributed by atoms with Gasteiger partial charge in [-0.15, -0.1) is 0 Å². The van der Waals surface area contributed by atoms with E-state index in [2.05, 4.69) is 9.97 Å². The highest BCUT2D eigenvalue weighted by atomic mass is 32.2. The molecule has 4 rings (SSSR count). The van der Waals surface area contributed by atoms with Gasteiger partial charge in [0, 0.05) is 22.0 Å². The molecule has 0 radical (unpaired) electrons. The summed E-state index contributed by atoms with van der Waals surface area (Å²) in [5, 5.41) is 0. The highest BCUT2D eigenvalue weighted by Gasteiger charge is 2.18. The quantitative estimate of drug-likeness (QED) is 0.573. The maximum atomic E-state index is 13.3. The van der Waals surface area contributed by atoms with Crippen LogP contribution >= 0.6 is 0 Å². The minimum absolute atomic E-state index is 0.145. The van der Waals surface area contributed by atoms with Crippen molar-refractivity contribution in [2.45, 2.75) is 18.4 Å². The lowest BCUT2D eigenvalue weighted by Gasteiger charge is -2.14. The molecule has 0 bridgehead atoms. The van der Waals surface area contributed by atoms with Gasteiger partial charge >= 0.3 is 5.69 Å². The molecule has 28 heavy (non-hydrogen) atoms. The average Bonchev–Trinajstić information content (AvgIpc) is 3.17. The Hall–Kier alpha value is -3.26. The van der Waals surface area contributed by atoms with Crippen molar-refractivity contribution >= 4 is 22.0 Å². The number of benzene rings is 2. The largest absolute Gasteiger partial charge is 0.339 e. The van der Waals surface area contributed by atoms with Crippen LogP contribution < -0.4 is 11.2 Å². The van der Waals surface area contributed by atoms with Crippen molar-refractivity contribution in [3.63, 3.8) is 0 Å². The number of aromatic nitrogens is 4. The number of hydrogen-bond acceptors (Lipinski definition) is 4. The van der Waals surface area contributed by atoms with Crippen LogP contribution in [0.25, 0.3) is 16.9 Å². The van der Waals surface area contributed by atoms with Crippen LogP contribution in [0.15, 0.2) is 69.3 Å². The Kier molecular flexibility index (Phi) is 4.56. The first-order valence-electron chi connectivity index (χ1n) is 8.64. The molecule has 4 aromatic rings. The second kappa shape index (κ2) is 7.05. The third kappa shape index (κ3) is 3.01. The first-order chi connectivity index (χ1) is 13.5. The number of hydrogen-bond donors (Lipinski definition) is 1. The number of rotatable bonds is 4. The third-order valence-corrected chi connectivity index (χ3v) is 5.57. The molecular weight excluding hydrogens is 376 g/mol. The molecule has 0 aliphatic carbocycles. The van der Waals surface area contributed by atoms with E-state index in [0.717, 1.165) is 11.1 Å². The van der Waals surface area contributed by atoms with Gasteiger partial charge in [0.15, 0.2) is 5.65 Å². The molecule has 0 unspecified atom stereocenters. The Morgan fingerprint density at radius 3 is 2.57 bits per heavy atom. The summed E-state index contributed by atoms with van der Waals surface area (Å²) in [6.07, 6.45) is 2.98. The van der Waals surface area contributed by atoms with Gasteiger partial charge in [0.25, 0.3) is 5.56 Å². The molecule has 7 nitrogen and oxygen atoms in total. The van der Waals surface area contributed by atoms with Gasteiger partial charge in [-0.05, 0) is 30.2 Å². The molecule has 0 saturated heterocycles. The minimum Gasteiger partial charge on any atom is -0.339 e. The number of imidazole rings is 1. The monoisotopic (exact) mass is 394 g/mol. The highest BCUT2D eigenvalue weighted by Crippen LogP contribution is 2.19. The molecule has 0 spiro atoms. The Morgan fingerprint density at radius 2 is 1.86 bits per heavy atom. The van der Waals surface area contributed by atoms with Gasteiger partial charge in [0.1, 0.15) is 5.52 Å². The van der Waals surface area contributed by atoms with Crippen molar-refractivity contribution in [3.05, 3.63) is 86.8 Å². The smallest absolute Gasteiger partial charge is 0.337 e. The minimum atomic E-state index is -1.21. The molecule has 0 aliphatic rings. The van der Waals surface area contributed by atoms with Crippen LogP contribution in [-0.2, 0) is 17.3 Å². The van der Waals surface area contributed by atoms with Crippen molar-refractivity contribution in [2.75, 3.05) is 6.26 Å². The lowest BCUT2D eigenvalue weighted by molar-refractivity contribution is 0.680. The molecule has 142 valence electrons. The van der Waals surface area contributed by atoms with Crippen LogP contribution in [0.3, 0.4) is 0 Å². The van der Waals surface area contributed by atoms with Gasteiger partial charge in [-0.3, -0.25) is 13.6 Å². The lowest BCUT2D eigenvalue weighted by atomic mass is 10.2. The summed E-state index contributed by atoms with van der Waals surface area (Å²) < 4.78 is 14.5. The second-order valence-corrected chi connectivity index (χ2v) is 7.88. The Morgan fingerprint density at radius 1 is 1.11 bits per heavy atom. The fraction of sp³-hybridized carbons (Fsp3) is 0.150. The standard InChI is InChI=1S/C20H18N4O3S/c1-13-8-9-15(28(2)27)10-16(13)24-18-17(21-12-22-18)19(25)23(20(24)26)11-14-6-4-3-5-7-14/h3-10,12H,11H2,1-2H3,(H,21,22)/t28-/m0/s1. The van der Waals surface area contributed by atoms with Crippen molar-refractivity contribution in [1.82, 2.24) is 19.1 Å². The topological polar surface area (TPSA) is 89.8 Å². The zero-order valence-electron chi connectivity index (χ0n) is 15.4. The van der Waals surface area contributed by atoms with Crippen LogP contribution in [-0.4, -0.2) is 29.6 Å². The summed E-state index contributed by atoms with van der Waals surface area (Å²) in [6, 6.07) is 14.6. The van der Waals surface area contributed by atoms with E-state index in [1.165, 1.54) is 15.5 Å². The molecule has 1 N–H and O–H groups in total. The fourth-order valence-electron chi connectivity index (χ4n) is 3.18. The molecular formula is C20H18N4O3S. The van der Waals surface area contributed by atoms with Crippen molar-refractivity contribution in [2.24, 2.45) is 0 Å². The third-order valence-electron chi connectivity index (χ3n) is 4.65. The zero-order valence-corrected chi connectivity index (χ0v) is 16.2. The molecule has 0 fully saturated rings. The van der Waals surface area contributed by atoms with E-state index in [4.69, 9.17) is 0 Å². The normalized spacial score (nSPS) is 12.4. The van der Waals surface area contributed by atoms with Gasteiger partial charge in [0.2, 0.25) is 0 Å². The van der Waals surface area contributed by atoms with Crippen LogP contribution in [0.4, 0.5) is 0 Å². The maximum absolute atomic E-state index is 13.3. The van der Waals surface area contributed by atoms with E-state index >= 15 is 0 Å². The summed E-state index contributed by atoms with van der Waals surface area (Å²) in [4.78, 5) is 33.9. The van der Waals surface area contributed by atoms with Gasteiger partial charge in [-0.25, -0.2) is 14.3 Å². The summed E-state index contributed by atoms with van der Waals surface area (Å²) in [5.74, 6) is 0. The van der Waals surface area contributed by atoms with E-state index in [9.17, 15) is 13.8 Å². The zero-order chi connectivity index (χ0) is 19.8. The maximum Gasteiger partial charge on any atom is 0.337 e. The number of nitrogens with one attached hydrogen (secondary N) is 1. The van der Waals surface area contributed by atoms with E-state index in [1.54, 1.807) is 18.4 Å². The molecule has 0 amide bonds. The van der Waals surface area contributed by atoms with Gasteiger partial charge < -0.3 is 4.98 Å². The number of aryl methyl sites for hydroxylation is 1. The van der Waals surface area contributed by atoms with Crippen molar-refractivity contribution < 1.29 is 4.21 Å². The van der Waals surface area contributed by atoms with E-state index in [0.29, 0.717) is 10.6 Å². The summed E-state index contributed by atoms with van der Waals surface area (Å²) >= 11 is 0. The van der Waals surface area contributed by atoms with Gasteiger partial charge in [0.05, 0.1) is 18.6 Å². The average molecular weight is 394 g/mol.